The van der Waals surface area contributed by atoms with Crippen LogP contribution in [0.5, 0.6) is 5.75 Å². The number of hydrogen-bond donors (Lipinski definition) is 0. The highest BCUT2D eigenvalue weighted by molar-refractivity contribution is 6.30. The van der Waals surface area contributed by atoms with Crippen molar-refractivity contribution in [2.75, 3.05) is 13.4 Å². The van der Waals surface area contributed by atoms with Gasteiger partial charge in [-0.1, -0.05) is 24.4 Å². The van der Waals surface area contributed by atoms with Gasteiger partial charge in [-0.05, 0) is 19.3 Å². The highest BCUT2D eigenvalue weighted by Crippen LogP contribution is 2.20. The van der Waals surface area contributed by atoms with E-state index >= 15 is 0 Å². The average Bonchev–Trinajstić information content (AvgIpc) is 2.28. The third-order valence-corrected chi connectivity index (χ3v) is 1.92. The molecule has 0 bridgehead atoms. The molecule has 0 spiro atoms. The second kappa shape index (κ2) is 7.10. The van der Waals surface area contributed by atoms with Crippen LogP contribution in [0.2, 0.25) is 5.02 Å². The molecular formula is C12H14ClNO2. The van der Waals surface area contributed by atoms with Gasteiger partial charge in [0.05, 0.1) is 11.6 Å². The summed E-state index contributed by atoms with van der Waals surface area (Å²) in [4.78, 5) is 4.08. The number of aromatic nitrogens is 1. The molecule has 0 saturated heterocycles. The van der Waals surface area contributed by atoms with E-state index in [-0.39, 0.29) is 6.79 Å². The minimum atomic E-state index is 0.189. The lowest BCUT2D eigenvalue weighted by Crippen LogP contribution is -2.05. The van der Waals surface area contributed by atoms with Crippen molar-refractivity contribution in [3.63, 3.8) is 0 Å². The van der Waals surface area contributed by atoms with Crippen LogP contribution in [0.1, 0.15) is 26.0 Å². The van der Waals surface area contributed by atoms with E-state index in [1.165, 1.54) is 0 Å². The Morgan fingerprint density at radius 3 is 3.00 bits per heavy atom. The van der Waals surface area contributed by atoms with Gasteiger partial charge in [0.25, 0.3) is 0 Å². The first-order chi connectivity index (χ1) is 7.77. The summed E-state index contributed by atoms with van der Waals surface area (Å²) in [6.07, 6.45) is 2.50. The largest absolute Gasteiger partial charge is 0.465 e. The third kappa shape index (κ3) is 4.09. The van der Waals surface area contributed by atoms with Crippen LogP contribution in [0.25, 0.3) is 0 Å². The lowest BCUT2D eigenvalue weighted by molar-refractivity contribution is 0.0153. The summed E-state index contributed by atoms with van der Waals surface area (Å²) in [5.41, 5.74) is 0.576. The van der Waals surface area contributed by atoms with Crippen LogP contribution in [0.4, 0.5) is 0 Å². The number of rotatable bonds is 5. The monoisotopic (exact) mass is 239 g/mol. The Morgan fingerprint density at radius 1 is 1.50 bits per heavy atom. The minimum absolute atomic E-state index is 0.189. The predicted octanol–water partition coefficient (Wildman–Crippen LogP) is 2.87. The van der Waals surface area contributed by atoms with Crippen LogP contribution in [-0.4, -0.2) is 18.4 Å². The van der Waals surface area contributed by atoms with Gasteiger partial charge in [0.2, 0.25) is 0 Å². The van der Waals surface area contributed by atoms with Crippen LogP contribution < -0.4 is 4.74 Å². The SMILES string of the molecule is CC#Cc1ncc(Cl)cc1OCOCCC. The standard InChI is InChI=1S/C12H14ClNO2/c1-3-5-11-12(7-10(13)8-14-11)16-9-15-6-4-2/h7-8H,4,6,9H2,1-2H3. The van der Waals surface area contributed by atoms with Crippen molar-refractivity contribution < 1.29 is 9.47 Å². The van der Waals surface area contributed by atoms with Gasteiger partial charge in [-0.15, -0.1) is 0 Å². The smallest absolute Gasteiger partial charge is 0.189 e. The van der Waals surface area contributed by atoms with E-state index in [4.69, 9.17) is 21.1 Å². The number of hydrogen-bond acceptors (Lipinski definition) is 3. The number of pyridine rings is 1. The first-order valence-electron chi connectivity index (χ1n) is 5.06. The van der Waals surface area contributed by atoms with Crippen molar-refractivity contribution >= 4 is 11.6 Å². The third-order valence-electron chi connectivity index (χ3n) is 1.71. The lowest BCUT2D eigenvalue weighted by atomic mass is 10.3. The van der Waals surface area contributed by atoms with E-state index in [0.29, 0.717) is 23.1 Å². The topological polar surface area (TPSA) is 31.4 Å². The Balaban J connectivity index is 2.67. The molecule has 1 rings (SSSR count). The first kappa shape index (κ1) is 12.8. The minimum Gasteiger partial charge on any atom is -0.465 e. The fraction of sp³-hybridized carbons (Fsp3) is 0.417. The summed E-state index contributed by atoms with van der Waals surface area (Å²) in [6.45, 7) is 4.64. The van der Waals surface area contributed by atoms with Gasteiger partial charge in [-0.3, -0.25) is 0 Å². The Hall–Kier alpha value is -1.24. The fourth-order valence-electron chi connectivity index (χ4n) is 1.05. The van der Waals surface area contributed by atoms with Gasteiger partial charge >= 0.3 is 0 Å². The van der Waals surface area contributed by atoms with Crippen LogP contribution in [0.15, 0.2) is 12.3 Å². The molecular weight excluding hydrogens is 226 g/mol. The highest BCUT2D eigenvalue weighted by atomic mass is 35.5. The molecule has 1 heterocycles. The fourth-order valence-corrected chi connectivity index (χ4v) is 1.20. The molecule has 16 heavy (non-hydrogen) atoms. The molecule has 0 radical (unpaired) electrons. The summed E-state index contributed by atoms with van der Waals surface area (Å²) in [7, 11) is 0. The lowest BCUT2D eigenvalue weighted by Gasteiger charge is -2.08. The normalized spacial score (nSPS) is 9.44. The van der Waals surface area contributed by atoms with Crippen molar-refractivity contribution in [3.8, 4) is 17.6 Å². The summed E-state index contributed by atoms with van der Waals surface area (Å²) in [5.74, 6) is 6.17. The van der Waals surface area contributed by atoms with Crippen molar-refractivity contribution in [1.29, 1.82) is 0 Å². The van der Waals surface area contributed by atoms with E-state index in [2.05, 4.69) is 16.8 Å². The summed E-state index contributed by atoms with van der Waals surface area (Å²) in [6, 6.07) is 1.68. The van der Waals surface area contributed by atoms with Crippen molar-refractivity contribution in [1.82, 2.24) is 4.98 Å². The molecule has 0 unspecified atom stereocenters. The van der Waals surface area contributed by atoms with Gasteiger partial charge in [-0.2, -0.15) is 0 Å². The summed E-state index contributed by atoms with van der Waals surface area (Å²) < 4.78 is 10.6. The molecule has 0 atom stereocenters. The maximum absolute atomic E-state index is 5.83. The number of ether oxygens (including phenoxy) is 2. The van der Waals surface area contributed by atoms with Gasteiger partial charge in [0, 0.05) is 12.3 Å². The second-order valence-electron chi connectivity index (χ2n) is 3.05. The molecule has 4 heteroatoms. The predicted molar refractivity (Wildman–Crippen MR) is 63.5 cm³/mol. The van der Waals surface area contributed by atoms with Crippen molar-refractivity contribution in [3.05, 3.63) is 23.0 Å². The Morgan fingerprint density at radius 2 is 2.31 bits per heavy atom. The Kier molecular flexibility index (Phi) is 5.69. The van der Waals surface area contributed by atoms with E-state index in [1.54, 1.807) is 19.2 Å². The molecule has 0 N–H and O–H groups in total. The molecule has 0 saturated carbocycles. The molecule has 0 aromatic carbocycles. The molecule has 1 aromatic rings. The second-order valence-corrected chi connectivity index (χ2v) is 3.48. The molecule has 86 valence electrons. The molecule has 0 fully saturated rings. The quantitative estimate of drug-likeness (QED) is 0.450. The van der Waals surface area contributed by atoms with Crippen LogP contribution in [0.3, 0.4) is 0 Å². The van der Waals surface area contributed by atoms with Crippen LogP contribution >= 0.6 is 11.6 Å². The summed E-state index contributed by atoms with van der Waals surface area (Å²) in [5, 5.41) is 0.521. The highest BCUT2D eigenvalue weighted by Gasteiger charge is 2.03. The summed E-state index contributed by atoms with van der Waals surface area (Å²) >= 11 is 5.83. The number of nitrogens with zero attached hydrogens (tertiary/aromatic N) is 1. The van der Waals surface area contributed by atoms with E-state index in [1.807, 2.05) is 6.92 Å². The van der Waals surface area contributed by atoms with Crippen LogP contribution in [-0.2, 0) is 4.74 Å². The van der Waals surface area contributed by atoms with Crippen molar-refractivity contribution in [2.45, 2.75) is 20.3 Å². The molecule has 0 amide bonds. The average molecular weight is 240 g/mol. The van der Waals surface area contributed by atoms with E-state index in [9.17, 15) is 0 Å². The molecule has 0 aliphatic carbocycles. The van der Waals surface area contributed by atoms with Gasteiger partial charge in [-0.25, -0.2) is 4.98 Å². The number of halogens is 1. The van der Waals surface area contributed by atoms with Gasteiger partial charge in [0.1, 0.15) is 0 Å². The molecule has 3 nitrogen and oxygen atoms in total. The maximum atomic E-state index is 5.83. The van der Waals surface area contributed by atoms with E-state index < -0.39 is 0 Å². The Labute approximate surface area is 101 Å². The molecule has 0 aliphatic rings. The molecule has 0 aliphatic heterocycles. The zero-order chi connectivity index (χ0) is 11.8. The van der Waals surface area contributed by atoms with E-state index in [0.717, 1.165) is 6.42 Å². The van der Waals surface area contributed by atoms with Gasteiger partial charge in [0.15, 0.2) is 18.2 Å². The maximum Gasteiger partial charge on any atom is 0.189 e. The van der Waals surface area contributed by atoms with Gasteiger partial charge < -0.3 is 9.47 Å². The van der Waals surface area contributed by atoms with Crippen LogP contribution in [0, 0.1) is 11.8 Å². The molecule has 1 aromatic heterocycles. The first-order valence-corrected chi connectivity index (χ1v) is 5.44. The zero-order valence-corrected chi connectivity index (χ0v) is 10.2. The zero-order valence-electron chi connectivity index (χ0n) is 9.42. The van der Waals surface area contributed by atoms with Crippen molar-refractivity contribution in [2.24, 2.45) is 0 Å². The Bertz CT molecular complexity index is 396.